The maximum absolute atomic E-state index is 13.9. The Morgan fingerprint density at radius 1 is 0.974 bits per heavy atom. The van der Waals surface area contributed by atoms with Crippen molar-refractivity contribution in [2.75, 3.05) is 17.3 Å². The van der Waals surface area contributed by atoms with E-state index < -0.39 is 23.7 Å². The van der Waals surface area contributed by atoms with Crippen LogP contribution >= 0.6 is 0 Å². The van der Waals surface area contributed by atoms with Gasteiger partial charge in [-0.15, -0.1) is 0 Å². The number of Topliss-reactive ketones (excluding diaryl/α,β-unsaturated/α-hetero) is 1. The highest BCUT2D eigenvalue weighted by atomic mass is 19.1. The van der Waals surface area contributed by atoms with Crippen molar-refractivity contribution in [1.82, 2.24) is 0 Å². The molecule has 0 saturated carbocycles. The van der Waals surface area contributed by atoms with Crippen molar-refractivity contribution in [3.8, 4) is 5.75 Å². The van der Waals surface area contributed by atoms with Crippen LogP contribution in [0.15, 0.2) is 84.1 Å². The number of anilines is 2. The molecule has 1 heterocycles. The molecule has 1 amide bonds. The number of halogens is 1. The van der Waals surface area contributed by atoms with E-state index >= 15 is 0 Å². The third kappa shape index (κ3) is 4.89. The molecule has 3 aromatic rings. The molecule has 0 saturated heterocycles. The molecule has 5 rings (SSSR count). The molecule has 0 aromatic heterocycles. The molecular weight excluding hydrogens is 487 g/mol. The zero-order chi connectivity index (χ0) is 26.8. The lowest BCUT2D eigenvalue weighted by molar-refractivity contribution is -0.138. The van der Waals surface area contributed by atoms with Gasteiger partial charge in [0.05, 0.1) is 30.9 Å². The summed E-state index contributed by atoms with van der Waals surface area (Å²) in [6, 6.07) is 19.7. The normalized spacial score (nSPS) is 18.7. The monoisotopic (exact) mass is 514 g/mol. The molecule has 38 heavy (non-hydrogen) atoms. The van der Waals surface area contributed by atoms with Gasteiger partial charge in [-0.25, -0.2) is 4.39 Å². The number of nitrogens with zero attached hydrogens (tertiary/aromatic N) is 1. The summed E-state index contributed by atoms with van der Waals surface area (Å²) in [6.07, 6.45) is 0.168. The molecule has 2 N–H and O–H groups in total. The van der Waals surface area contributed by atoms with Gasteiger partial charge in [0.25, 0.3) is 0 Å². The smallest absolute Gasteiger partial charge is 0.303 e. The van der Waals surface area contributed by atoms with E-state index in [0.717, 1.165) is 11.3 Å². The van der Waals surface area contributed by atoms with Crippen molar-refractivity contribution in [3.63, 3.8) is 0 Å². The Kier molecular flexibility index (Phi) is 6.96. The van der Waals surface area contributed by atoms with E-state index in [0.29, 0.717) is 34.6 Å². The number of carboxylic acids is 1. The van der Waals surface area contributed by atoms with Crippen molar-refractivity contribution in [2.45, 2.75) is 37.6 Å². The quantitative estimate of drug-likeness (QED) is 0.445. The van der Waals surface area contributed by atoms with E-state index in [2.05, 4.69) is 5.32 Å². The number of aliphatic carboxylic acids is 1. The number of rotatable bonds is 6. The summed E-state index contributed by atoms with van der Waals surface area (Å²) < 4.78 is 19.2. The number of nitrogens with one attached hydrogen (secondary N) is 1. The summed E-state index contributed by atoms with van der Waals surface area (Å²) in [6.45, 7) is 0. The number of methoxy groups -OCH3 is 1. The first-order chi connectivity index (χ1) is 18.4. The number of carbonyl (C=O) groups excluding carboxylic acids is 2. The highest BCUT2D eigenvalue weighted by Crippen LogP contribution is 2.47. The van der Waals surface area contributed by atoms with Gasteiger partial charge in [-0.1, -0.05) is 36.4 Å². The van der Waals surface area contributed by atoms with Crippen LogP contribution in [0.2, 0.25) is 0 Å². The fraction of sp³-hybridized carbons (Fsp3) is 0.233. The largest absolute Gasteiger partial charge is 0.497 e. The Morgan fingerprint density at radius 2 is 1.66 bits per heavy atom. The first kappa shape index (κ1) is 25.2. The van der Waals surface area contributed by atoms with E-state index in [4.69, 9.17) is 4.74 Å². The number of carboxylic acid groups (broad SMARTS) is 1. The summed E-state index contributed by atoms with van der Waals surface area (Å²) in [4.78, 5) is 40.3. The molecule has 0 radical (unpaired) electrons. The maximum atomic E-state index is 13.9. The zero-order valence-electron chi connectivity index (χ0n) is 20.8. The predicted molar refractivity (Wildman–Crippen MR) is 141 cm³/mol. The van der Waals surface area contributed by atoms with Gasteiger partial charge in [0.1, 0.15) is 11.6 Å². The fourth-order valence-electron chi connectivity index (χ4n) is 5.27. The van der Waals surface area contributed by atoms with E-state index in [-0.39, 0.29) is 31.0 Å². The molecule has 8 heteroatoms. The van der Waals surface area contributed by atoms with Crippen molar-refractivity contribution in [2.24, 2.45) is 0 Å². The standard InChI is InChI=1S/C30H27FN2O5/c1-38-22-12-8-18(9-13-22)20-16-24-29(26(34)17-20)30(19-6-10-21(31)11-7-19)33(27(35)14-15-28(36)37)25-5-3-2-4-23(25)32-24/h2-13,20,30,32H,14-17H2,1H3,(H,36,37)/t20-,30-/m1/s1. The summed E-state index contributed by atoms with van der Waals surface area (Å²) >= 11 is 0. The van der Waals surface area contributed by atoms with Crippen LogP contribution in [0.25, 0.3) is 0 Å². The second kappa shape index (κ2) is 10.5. The SMILES string of the molecule is COc1ccc([C@H]2CC(=O)C3=C(C2)Nc2ccccc2N(C(=O)CCC(=O)O)[C@@H]3c2ccc(F)cc2)cc1. The summed E-state index contributed by atoms with van der Waals surface area (Å²) in [5, 5.41) is 12.7. The zero-order valence-corrected chi connectivity index (χ0v) is 20.8. The Morgan fingerprint density at radius 3 is 2.34 bits per heavy atom. The van der Waals surface area contributed by atoms with Crippen molar-refractivity contribution in [3.05, 3.63) is 101 Å². The number of hydrogen-bond acceptors (Lipinski definition) is 5. The molecular formula is C30H27FN2O5. The number of amides is 1. The van der Waals surface area contributed by atoms with E-state index in [9.17, 15) is 23.9 Å². The number of ketones is 1. The number of carbonyl (C=O) groups is 3. The van der Waals surface area contributed by atoms with Crippen molar-refractivity contribution >= 4 is 29.0 Å². The number of allylic oxidation sites excluding steroid dienone is 1. The van der Waals surface area contributed by atoms with E-state index in [1.165, 1.54) is 17.0 Å². The molecule has 7 nitrogen and oxygen atoms in total. The molecule has 2 aliphatic rings. The van der Waals surface area contributed by atoms with Crippen LogP contribution in [0, 0.1) is 5.82 Å². The molecule has 1 aliphatic heterocycles. The summed E-state index contributed by atoms with van der Waals surface area (Å²) in [7, 11) is 1.60. The first-order valence-corrected chi connectivity index (χ1v) is 12.4. The number of hydrogen-bond donors (Lipinski definition) is 2. The second-order valence-corrected chi connectivity index (χ2v) is 9.45. The average molecular weight is 515 g/mol. The molecule has 0 fully saturated rings. The van der Waals surface area contributed by atoms with Crippen LogP contribution in [0.4, 0.5) is 15.8 Å². The average Bonchev–Trinajstić information content (AvgIpc) is 3.07. The number of benzene rings is 3. The first-order valence-electron chi connectivity index (χ1n) is 12.4. The van der Waals surface area contributed by atoms with Gasteiger partial charge in [0.15, 0.2) is 5.78 Å². The molecule has 0 unspecified atom stereocenters. The van der Waals surface area contributed by atoms with Gasteiger partial charge < -0.3 is 15.2 Å². The van der Waals surface area contributed by atoms with Gasteiger partial charge in [-0.05, 0) is 59.9 Å². The molecule has 3 aromatic carbocycles. The molecule has 0 spiro atoms. The van der Waals surface area contributed by atoms with Crippen LogP contribution < -0.4 is 15.0 Å². The minimum atomic E-state index is -1.09. The van der Waals surface area contributed by atoms with Crippen LogP contribution in [-0.4, -0.2) is 29.9 Å². The van der Waals surface area contributed by atoms with Gasteiger partial charge in [-0.3, -0.25) is 19.3 Å². The molecule has 1 aliphatic carbocycles. The minimum Gasteiger partial charge on any atom is -0.497 e. The second-order valence-electron chi connectivity index (χ2n) is 9.45. The fourth-order valence-corrected chi connectivity index (χ4v) is 5.27. The van der Waals surface area contributed by atoms with Crippen molar-refractivity contribution in [1.29, 1.82) is 0 Å². The Labute approximate surface area is 219 Å². The lowest BCUT2D eigenvalue weighted by Gasteiger charge is -2.35. The molecule has 0 bridgehead atoms. The highest BCUT2D eigenvalue weighted by molar-refractivity contribution is 6.06. The molecule has 2 atom stereocenters. The number of fused-ring (bicyclic) bond motifs is 1. The van der Waals surface area contributed by atoms with Gasteiger partial charge in [0.2, 0.25) is 5.91 Å². The van der Waals surface area contributed by atoms with Gasteiger partial charge in [-0.2, -0.15) is 0 Å². The van der Waals surface area contributed by atoms with Crippen molar-refractivity contribution < 1.29 is 28.6 Å². The topological polar surface area (TPSA) is 95.9 Å². The lowest BCUT2D eigenvalue weighted by Crippen LogP contribution is -2.38. The van der Waals surface area contributed by atoms with Crippen LogP contribution in [0.3, 0.4) is 0 Å². The van der Waals surface area contributed by atoms with Gasteiger partial charge >= 0.3 is 5.97 Å². The third-order valence-electron chi connectivity index (χ3n) is 7.08. The maximum Gasteiger partial charge on any atom is 0.303 e. The predicted octanol–water partition coefficient (Wildman–Crippen LogP) is 5.60. The third-order valence-corrected chi connectivity index (χ3v) is 7.08. The Bertz CT molecular complexity index is 1420. The van der Waals surface area contributed by atoms with Crippen LogP contribution in [0.1, 0.15) is 48.8 Å². The Hall–Kier alpha value is -4.46. The number of para-hydroxylation sites is 2. The summed E-state index contributed by atoms with van der Waals surface area (Å²) in [5.74, 6) is -1.45. The summed E-state index contributed by atoms with van der Waals surface area (Å²) in [5.41, 5.74) is 3.85. The lowest BCUT2D eigenvalue weighted by atomic mass is 9.78. The van der Waals surface area contributed by atoms with Crippen LogP contribution in [0.5, 0.6) is 5.75 Å². The minimum absolute atomic E-state index is 0.0880. The van der Waals surface area contributed by atoms with Gasteiger partial charge in [0, 0.05) is 24.1 Å². The van der Waals surface area contributed by atoms with E-state index in [1.54, 1.807) is 31.4 Å². The van der Waals surface area contributed by atoms with Crippen LogP contribution in [-0.2, 0) is 14.4 Å². The molecule has 194 valence electrons. The Balaban J connectivity index is 1.65. The highest BCUT2D eigenvalue weighted by Gasteiger charge is 2.41. The van der Waals surface area contributed by atoms with E-state index in [1.807, 2.05) is 36.4 Å². The number of ether oxygens (including phenoxy) is 1.